The molecule has 0 aliphatic carbocycles. The third-order valence-electron chi connectivity index (χ3n) is 3.19. The number of nitrogens with one attached hydrogen (secondary N) is 1. The van der Waals surface area contributed by atoms with Crippen LogP contribution in [0, 0.1) is 5.41 Å². The Morgan fingerprint density at radius 1 is 1.33 bits per heavy atom. The minimum absolute atomic E-state index is 0.132. The zero-order chi connectivity index (χ0) is 13.8. The van der Waals surface area contributed by atoms with Crippen LogP contribution in [0.15, 0.2) is 12.1 Å². The monoisotopic (exact) mass is 269 g/mol. The molecule has 18 heavy (non-hydrogen) atoms. The van der Waals surface area contributed by atoms with Crippen molar-refractivity contribution in [2.45, 2.75) is 59.6 Å². The number of hydrogen-bond acceptors (Lipinski definition) is 3. The Labute approximate surface area is 115 Å². The lowest BCUT2D eigenvalue weighted by atomic mass is 9.87. The van der Waals surface area contributed by atoms with Crippen molar-refractivity contribution in [3.05, 3.63) is 21.9 Å². The first kappa shape index (κ1) is 15.7. The maximum absolute atomic E-state index is 9.48. The fourth-order valence-electron chi connectivity index (χ4n) is 2.22. The molecule has 0 saturated carbocycles. The van der Waals surface area contributed by atoms with Crippen LogP contribution in [-0.2, 0) is 6.42 Å². The summed E-state index contributed by atoms with van der Waals surface area (Å²) >= 11 is 1.89. The Morgan fingerprint density at radius 2 is 2.00 bits per heavy atom. The van der Waals surface area contributed by atoms with Crippen molar-refractivity contribution >= 4 is 11.3 Å². The van der Waals surface area contributed by atoms with Crippen LogP contribution in [0.25, 0.3) is 0 Å². The number of rotatable bonds is 7. The number of thiophene rings is 1. The van der Waals surface area contributed by atoms with Gasteiger partial charge in [-0.2, -0.15) is 0 Å². The molecule has 0 fully saturated rings. The molecule has 0 aliphatic heterocycles. The molecule has 0 spiro atoms. The highest BCUT2D eigenvalue weighted by Crippen LogP contribution is 2.26. The first-order valence-electron chi connectivity index (χ1n) is 6.84. The van der Waals surface area contributed by atoms with Gasteiger partial charge in [0.25, 0.3) is 0 Å². The lowest BCUT2D eigenvalue weighted by molar-refractivity contribution is 0.127. The molecular weight excluding hydrogens is 242 g/mol. The number of aliphatic hydroxyl groups excluding tert-OH is 1. The van der Waals surface area contributed by atoms with Gasteiger partial charge in [-0.05, 0) is 44.2 Å². The second-order valence-corrected chi connectivity index (χ2v) is 7.18. The zero-order valence-corrected chi connectivity index (χ0v) is 13.1. The van der Waals surface area contributed by atoms with Gasteiger partial charge < -0.3 is 10.4 Å². The van der Waals surface area contributed by atoms with E-state index in [1.807, 2.05) is 18.3 Å². The molecule has 0 saturated heterocycles. The molecule has 0 radical (unpaired) electrons. The van der Waals surface area contributed by atoms with Crippen LogP contribution in [0.5, 0.6) is 0 Å². The van der Waals surface area contributed by atoms with Crippen LogP contribution in [0.2, 0.25) is 0 Å². The summed E-state index contributed by atoms with van der Waals surface area (Å²) in [5.74, 6) is 0. The SMILES string of the molecule is CCc1ccc(C(C)NCC(C)(C)CC(C)O)s1. The predicted molar refractivity (Wildman–Crippen MR) is 80.2 cm³/mol. The molecule has 3 heteroatoms. The Morgan fingerprint density at radius 3 is 2.50 bits per heavy atom. The van der Waals surface area contributed by atoms with Gasteiger partial charge >= 0.3 is 0 Å². The number of aryl methyl sites for hydroxylation is 1. The molecule has 2 nitrogen and oxygen atoms in total. The minimum Gasteiger partial charge on any atom is -0.393 e. The van der Waals surface area contributed by atoms with E-state index < -0.39 is 0 Å². The van der Waals surface area contributed by atoms with E-state index in [4.69, 9.17) is 0 Å². The topological polar surface area (TPSA) is 32.3 Å². The Hall–Kier alpha value is -0.380. The largest absolute Gasteiger partial charge is 0.393 e. The summed E-state index contributed by atoms with van der Waals surface area (Å²) in [5, 5.41) is 13.1. The van der Waals surface area contributed by atoms with Crippen LogP contribution in [0.1, 0.15) is 56.8 Å². The average Bonchev–Trinajstić information content (AvgIpc) is 2.72. The van der Waals surface area contributed by atoms with Gasteiger partial charge in [0.05, 0.1) is 6.10 Å². The van der Waals surface area contributed by atoms with Crippen molar-refractivity contribution in [1.29, 1.82) is 0 Å². The smallest absolute Gasteiger partial charge is 0.0517 e. The third kappa shape index (κ3) is 5.09. The summed E-state index contributed by atoms with van der Waals surface area (Å²) < 4.78 is 0. The Balaban J connectivity index is 2.47. The van der Waals surface area contributed by atoms with Crippen LogP contribution >= 0.6 is 11.3 Å². The summed E-state index contributed by atoms with van der Waals surface area (Å²) in [5.41, 5.74) is 0.132. The summed E-state index contributed by atoms with van der Waals surface area (Å²) in [6.45, 7) is 11.6. The molecule has 0 bridgehead atoms. The van der Waals surface area contributed by atoms with Crippen LogP contribution in [0.4, 0.5) is 0 Å². The van der Waals surface area contributed by atoms with E-state index in [0.29, 0.717) is 6.04 Å². The van der Waals surface area contributed by atoms with Gasteiger partial charge in [-0.25, -0.2) is 0 Å². The molecule has 0 aromatic carbocycles. The fraction of sp³-hybridized carbons (Fsp3) is 0.733. The second kappa shape index (κ2) is 6.69. The molecular formula is C15H27NOS. The highest BCUT2D eigenvalue weighted by Gasteiger charge is 2.21. The van der Waals surface area contributed by atoms with Crippen molar-refractivity contribution < 1.29 is 5.11 Å². The van der Waals surface area contributed by atoms with E-state index >= 15 is 0 Å². The maximum Gasteiger partial charge on any atom is 0.0517 e. The third-order valence-corrected chi connectivity index (χ3v) is 4.60. The molecule has 1 heterocycles. The van der Waals surface area contributed by atoms with Gasteiger partial charge in [0.1, 0.15) is 0 Å². The standard InChI is InChI=1S/C15H27NOS/c1-6-13-7-8-14(18-13)12(3)16-10-15(4,5)9-11(2)17/h7-8,11-12,16-17H,6,9-10H2,1-5H3. The molecule has 2 N–H and O–H groups in total. The molecule has 1 aromatic heterocycles. The molecule has 104 valence electrons. The summed E-state index contributed by atoms with van der Waals surface area (Å²) in [4.78, 5) is 2.85. The van der Waals surface area contributed by atoms with Gasteiger partial charge in [0.2, 0.25) is 0 Å². The number of aliphatic hydroxyl groups is 1. The van der Waals surface area contributed by atoms with E-state index in [2.05, 4.69) is 45.1 Å². The van der Waals surface area contributed by atoms with E-state index in [1.54, 1.807) is 0 Å². The molecule has 2 atom stereocenters. The van der Waals surface area contributed by atoms with Crippen molar-refractivity contribution in [3.63, 3.8) is 0 Å². The van der Waals surface area contributed by atoms with Crippen molar-refractivity contribution in [3.8, 4) is 0 Å². The minimum atomic E-state index is -0.231. The van der Waals surface area contributed by atoms with Gasteiger partial charge in [-0.1, -0.05) is 20.8 Å². The summed E-state index contributed by atoms with van der Waals surface area (Å²) in [6, 6.07) is 4.84. The molecule has 0 amide bonds. The van der Waals surface area contributed by atoms with Crippen LogP contribution in [-0.4, -0.2) is 17.8 Å². The quantitative estimate of drug-likeness (QED) is 0.790. The van der Waals surface area contributed by atoms with Gasteiger partial charge in [0.15, 0.2) is 0 Å². The van der Waals surface area contributed by atoms with Crippen LogP contribution in [0.3, 0.4) is 0 Å². The van der Waals surface area contributed by atoms with Crippen molar-refractivity contribution in [2.24, 2.45) is 5.41 Å². The summed E-state index contributed by atoms with van der Waals surface area (Å²) in [7, 11) is 0. The van der Waals surface area contributed by atoms with Gasteiger partial charge in [-0.15, -0.1) is 11.3 Å². The van der Waals surface area contributed by atoms with Gasteiger partial charge in [-0.3, -0.25) is 0 Å². The van der Waals surface area contributed by atoms with E-state index in [0.717, 1.165) is 19.4 Å². The maximum atomic E-state index is 9.48. The van der Waals surface area contributed by atoms with Crippen molar-refractivity contribution in [2.75, 3.05) is 6.54 Å². The first-order chi connectivity index (χ1) is 8.34. The van der Waals surface area contributed by atoms with Crippen molar-refractivity contribution in [1.82, 2.24) is 5.32 Å². The molecule has 1 rings (SSSR count). The van der Waals surface area contributed by atoms with Gasteiger partial charge in [0, 0.05) is 22.3 Å². The highest BCUT2D eigenvalue weighted by molar-refractivity contribution is 7.12. The molecule has 2 unspecified atom stereocenters. The normalized spacial score (nSPS) is 15.7. The molecule has 0 aliphatic rings. The zero-order valence-electron chi connectivity index (χ0n) is 12.3. The predicted octanol–water partition coefficient (Wildman–Crippen LogP) is 3.76. The van der Waals surface area contributed by atoms with Crippen LogP contribution < -0.4 is 5.32 Å². The van der Waals surface area contributed by atoms with E-state index in [-0.39, 0.29) is 11.5 Å². The Kier molecular flexibility index (Phi) is 5.83. The molecule has 1 aromatic rings. The summed E-state index contributed by atoms with van der Waals surface area (Å²) in [6.07, 6.45) is 1.72. The lowest BCUT2D eigenvalue weighted by Crippen LogP contribution is -2.33. The highest BCUT2D eigenvalue weighted by atomic mass is 32.1. The lowest BCUT2D eigenvalue weighted by Gasteiger charge is -2.28. The first-order valence-corrected chi connectivity index (χ1v) is 7.66. The Bertz CT molecular complexity index is 357. The van der Waals surface area contributed by atoms with E-state index in [1.165, 1.54) is 9.75 Å². The fourth-order valence-corrected chi connectivity index (χ4v) is 3.20. The van der Waals surface area contributed by atoms with E-state index in [9.17, 15) is 5.11 Å². The second-order valence-electron chi connectivity index (χ2n) is 5.98. The number of hydrogen-bond donors (Lipinski definition) is 2. The average molecular weight is 269 g/mol.